The van der Waals surface area contributed by atoms with Gasteiger partial charge in [0.05, 0.1) is 24.1 Å². The Morgan fingerprint density at radius 1 is 1.17 bits per heavy atom. The van der Waals surface area contributed by atoms with Gasteiger partial charge in [0, 0.05) is 46.7 Å². The molecule has 2 aliphatic rings. The number of aliphatic hydroxyl groups is 1. The van der Waals surface area contributed by atoms with Crippen LogP contribution in [0.15, 0.2) is 41.6 Å². The lowest BCUT2D eigenvalue weighted by Gasteiger charge is -2.43. The van der Waals surface area contributed by atoms with Crippen LogP contribution in [0.1, 0.15) is 64.9 Å². The van der Waals surface area contributed by atoms with Gasteiger partial charge in [-0.3, -0.25) is 29.5 Å². The number of nitrogens with one attached hydrogen (secondary N) is 1. The molecule has 9 nitrogen and oxygen atoms in total. The van der Waals surface area contributed by atoms with Crippen molar-refractivity contribution in [3.05, 3.63) is 57.2 Å². The van der Waals surface area contributed by atoms with Crippen LogP contribution in [0.25, 0.3) is 0 Å². The second-order valence-electron chi connectivity index (χ2n) is 10.7. The molecule has 6 unspecified atom stereocenters. The van der Waals surface area contributed by atoms with Gasteiger partial charge < -0.3 is 14.9 Å². The summed E-state index contributed by atoms with van der Waals surface area (Å²) in [6.45, 7) is 5.54. The monoisotopic (exact) mass is 609 g/mol. The van der Waals surface area contributed by atoms with E-state index in [1.165, 1.54) is 6.08 Å². The van der Waals surface area contributed by atoms with Crippen LogP contribution in [0.2, 0.25) is 10.0 Å². The fraction of sp³-hybridized carbons (Fsp3) is 0.533. The fourth-order valence-corrected chi connectivity index (χ4v) is 5.78. The SMILES string of the molecule is CCC(C)C(=O)OC1CC=C(NOCc2c(Cl)cccc2Cl)C2=CC(=O)C(C)C(CCC(=O)CC(O)CC(=O)O)C21. The van der Waals surface area contributed by atoms with Crippen LogP contribution in [0, 0.1) is 23.7 Å². The summed E-state index contributed by atoms with van der Waals surface area (Å²) in [5.41, 5.74) is 4.70. The van der Waals surface area contributed by atoms with Gasteiger partial charge in [-0.1, -0.05) is 56.1 Å². The predicted octanol–water partition coefficient (Wildman–Crippen LogP) is 5.21. The van der Waals surface area contributed by atoms with Crippen LogP contribution < -0.4 is 5.48 Å². The summed E-state index contributed by atoms with van der Waals surface area (Å²) in [6.07, 6.45) is 2.05. The summed E-state index contributed by atoms with van der Waals surface area (Å²) in [4.78, 5) is 55.1. The minimum absolute atomic E-state index is 0.0444. The lowest BCUT2D eigenvalue weighted by atomic mass is 9.65. The molecule has 224 valence electrons. The number of carbonyl (C=O) groups excluding carboxylic acids is 3. The Morgan fingerprint density at radius 2 is 1.85 bits per heavy atom. The molecule has 0 fully saturated rings. The van der Waals surface area contributed by atoms with E-state index >= 15 is 0 Å². The molecule has 0 saturated carbocycles. The van der Waals surface area contributed by atoms with Gasteiger partial charge in [0.2, 0.25) is 0 Å². The molecule has 3 rings (SSSR count). The molecule has 3 N–H and O–H groups in total. The van der Waals surface area contributed by atoms with Crippen molar-refractivity contribution >= 4 is 46.7 Å². The van der Waals surface area contributed by atoms with Crippen molar-refractivity contribution in [1.82, 2.24) is 5.48 Å². The van der Waals surface area contributed by atoms with E-state index in [0.717, 1.165) is 0 Å². The van der Waals surface area contributed by atoms with Gasteiger partial charge in [-0.2, -0.15) is 0 Å². The maximum absolute atomic E-state index is 13.1. The number of aliphatic hydroxyl groups excluding tert-OH is 1. The molecule has 0 bridgehead atoms. The standard InChI is InChI=1S/C30H37Cl2NO8/c1-4-16(2)30(39)41-27-11-10-25(33-40-15-22-23(31)6-5-7-24(22)32)21-14-26(36)17(3)20(29(21)27)9-8-18(34)12-19(35)13-28(37)38/h5-7,10,14,16-17,19-20,27,29,33,35H,4,8-9,11-13,15H2,1-3H3,(H,37,38). The normalized spacial score (nSPS) is 23.5. The second-order valence-corrected chi connectivity index (χ2v) is 11.6. The van der Waals surface area contributed by atoms with Crippen molar-refractivity contribution in [3.8, 4) is 0 Å². The number of ether oxygens (including phenoxy) is 1. The molecule has 6 atom stereocenters. The van der Waals surface area contributed by atoms with Crippen LogP contribution in [-0.2, 0) is 35.4 Å². The summed E-state index contributed by atoms with van der Waals surface area (Å²) in [7, 11) is 0. The van der Waals surface area contributed by atoms with Crippen molar-refractivity contribution in [3.63, 3.8) is 0 Å². The molecular formula is C30H37Cl2NO8. The Bertz CT molecular complexity index is 1190. The molecular weight excluding hydrogens is 573 g/mol. The number of hydrogen-bond donors (Lipinski definition) is 3. The summed E-state index contributed by atoms with van der Waals surface area (Å²) in [5, 5.41) is 19.7. The number of halogens is 2. The number of carbonyl (C=O) groups is 4. The summed E-state index contributed by atoms with van der Waals surface area (Å²) in [6, 6.07) is 5.14. The Balaban J connectivity index is 1.82. The molecule has 0 radical (unpaired) electrons. The largest absolute Gasteiger partial charge is 0.481 e. The van der Waals surface area contributed by atoms with E-state index in [9.17, 15) is 24.3 Å². The van der Waals surface area contributed by atoms with Crippen LogP contribution >= 0.6 is 23.2 Å². The number of ketones is 2. The quantitative estimate of drug-likeness (QED) is 0.191. The highest BCUT2D eigenvalue weighted by atomic mass is 35.5. The lowest BCUT2D eigenvalue weighted by molar-refractivity contribution is -0.157. The number of hydrogen-bond acceptors (Lipinski definition) is 8. The molecule has 0 amide bonds. The first-order valence-electron chi connectivity index (χ1n) is 13.8. The Kier molecular flexibility index (Phi) is 12.0. The molecule has 0 saturated heterocycles. The molecule has 11 heteroatoms. The highest BCUT2D eigenvalue weighted by molar-refractivity contribution is 6.35. The number of esters is 1. The molecule has 1 aromatic rings. The van der Waals surface area contributed by atoms with E-state index in [1.54, 1.807) is 32.0 Å². The zero-order chi connectivity index (χ0) is 30.3. The third-order valence-electron chi connectivity index (χ3n) is 7.85. The molecule has 0 spiro atoms. The zero-order valence-corrected chi connectivity index (χ0v) is 24.9. The predicted molar refractivity (Wildman–Crippen MR) is 153 cm³/mol. The lowest BCUT2D eigenvalue weighted by Crippen LogP contribution is -2.45. The van der Waals surface area contributed by atoms with Crippen LogP contribution in [0.4, 0.5) is 0 Å². The van der Waals surface area contributed by atoms with Crippen molar-refractivity contribution in [2.24, 2.45) is 23.7 Å². The van der Waals surface area contributed by atoms with Gasteiger partial charge in [-0.15, -0.1) is 0 Å². The third kappa shape index (κ3) is 8.64. The number of Topliss-reactive ketones (excluding diaryl/α,β-unsaturated/α-hetero) is 1. The molecule has 0 aliphatic heterocycles. The van der Waals surface area contributed by atoms with Gasteiger partial charge in [0.15, 0.2) is 5.78 Å². The van der Waals surface area contributed by atoms with E-state index in [4.69, 9.17) is 37.9 Å². The van der Waals surface area contributed by atoms with Gasteiger partial charge in [-0.05, 0) is 42.5 Å². The molecule has 2 aliphatic carbocycles. The average Bonchev–Trinajstić information content (AvgIpc) is 2.90. The van der Waals surface area contributed by atoms with Crippen molar-refractivity contribution in [2.45, 2.75) is 78.1 Å². The smallest absolute Gasteiger partial charge is 0.308 e. The first-order valence-corrected chi connectivity index (χ1v) is 14.6. The highest BCUT2D eigenvalue weighted by Crippen LogP contribution is 2.45. The number of fused-ring (bicyclic) bond motifs is 1. The molecule has 1 aromatic carbocycles. The number of hydroxylamine groups is 1. The van der Waals surface area contributed by atoms with E-state index in [1.807, 2.05) is 13.0 Å². The molecule has 0 heterocycles. The van der Waals surface area contributed by atoms with Gasteiger partial charge in [-0.25, -0.2) is 0 Å². The Hall–Kier alpha value is -2.72. The maximum atomic E-state index is 13.1. The maximum Gasteiger partial charge on any atom is 0.308 e. The fourth-order valence-electron chi connectivity index (χ4n) is 5.27. The third-order valence-corrected chi connectivity index (χ3v) is 8.56. The minimum Gasteiger partial charge on any atom is -0.481 e. The van der Waals surface area contributed by atoms with Crippen LogP contribution in [-0.4, -0.2) is 45.9 Å². The number of allylic oxidation sites excluding steroid dienone is 2. The van der Waals surface area contributed by atoms with Crippen molar-refractivity contribution < 1.29 is 39.0 Å². The van der Waals surface area contributed by atoms with Crippen LogP contribution in [0.5, 0.6) is 0 Å². The highest BCUT2D eigenvalue weighted by Gasteiger charge is 2.45. The zero-order valence-electron chi connectivity index (χ0n) is 23.4. The van der Waals surface area contributed by atoms with Crippen LogP contribution in [0.3, 0.4) is 0 Å². The van der Waals surface area contributed by atoms with Gasteiger partial charge >= 0.3 is 11.9 Å². The second kappa shape index (κ2) is 15.0. The van der Waals surface area contributed by atoms with Gasteiger partial charge in [0.1, 0.15) is 18.5 Å². The van der Waals surface area contributed by atoms with E-state index in [-0.39, 0.29) is 48.8 Å². The van der Waals surface area contributed by atoms with Crippen molar-refractivity contribution in [1.29, 1.82) is 0 Å². The number of carboxylic acid groups (broad SMARTS) is 1. The number of rotatable bonds is 14. The Morgan fingerprint density at radius 3 is 2.49 bits per heavy atom. The molecule has 41 heavy (non-hydrogen) atoms. The summed E-state index contributed by atoms with van der Waals surface area (Å²) in [5.74, 6) is -3.44. The summed E-state index contributed by atoms with van der Waals surface area (Å²) >= 11 is 12.5. The van der Waals surface area contributed by atoms with E-state index in [2.05, 4.69) is 5.48 Å². The first-order chi connectivity index (χ1) is 19.4. The summed E-state index contributed by atoms with van der Waals surface area (Å²) < 4.78 is 5.97. The van der Waals surface area contributed by atoms with E-state index in [0.29, 0.717) is 46.1 Å². The van der Waals surface area contributed by atoms with Gasteiger partial charge in [0.25, 0.3) is 0 Å². The topological polar surface area (TPSA) is 139 Å². The van der Waals surface area contributed by atoms with Crippen molar-refractivity contribution in [2.75, 3.05) is 0 Å². The van der Waals surface area contributed by atoms with E-state index < -0.39 is 36.4 Å². The Labute approximate surface area is 249 Å². The number of carboxylic acids is 1. The number of benzene rings is 1. The first kappa shape index (κ1) is 32.8. The molecule has 0 aromatic heterocycles. The minimum atomic E-state index is -1.28. The number of aliphatic carboxylic acids is 1. The average molecular weight is 611 g/mol.